The molecule has 1 fully saturated rings. The van der Waals surface area contributed by atoms with Gasteiger partial charge >= 0.3 is 0 Å². The number of amides is 2. The van der Waals surface area contributed by atoms with Crippen LogP contribution in [0.3, 0.4) is 0 Å². The van der Waals surface area contributed by atoms with Crippen molar-refractivity contribution in [3.05, 3.63) is 68.0 Å². The number of carbonyl (C=O) groups excluding carboxylic acids is 2. The number of likely N-dealkylation sites (N-methyl/N-ethyl adjacent to an activating group) is 1. The molecule has 0 unspecified atom stereocenters. The highest BCUT2D eigenvalue weighted by Crippen LogP contribution is 2.17. The first-order chi connectivity index (χ1) is 13.4. The molecular weight excluding hydrogens is 380 g/mol. The molecule has 0 aliphatic carbocycles. The molecule has 0 saturated carbocycles. The van der Waals surface area contributed by atoms with E-state index in [1.165, 1.54) is 34.4 Å². The number of benzene rings is 1. The maximum atomic E-state index is 13.0. The van der Waals surface area contributed by atoms with E-state index in [0.29, 0.717) is 23.5 Å². The number of nitro benzene ring substituents is 1. The summed E-state index contributed by atoms with van der Waals surface area (Å²) in [4.78, 5) is 39.6. The summed E-state index contributed by atoms with van der Waals surface area (Å²) in [5, 5.41) is 15.5. The van der Waals surface area contributed by atoms with Crippen LogP contribution >= 0.6 is 11.3 Å². The predicted octanol–water partition coefficient (Wildman–Crippen LogP) is 0.784. The molecule has 1 aromatic heterocycles. The first-order valence-corrected chi connectivity index (χ1v) is 9.73. The van der Waals surface area contributed by atoms with E-state index in [2.05, 4.69) is 12.4 Å². The van der Waals surface area contributed by atoms with Crippen LogP contribution in [0.25, 0.3) is 6.08 Å². The van der Waals surface area contributed by atoms with Crippen molar-refractivity contribution in [3.8, 4) is 0 Å². The lowest BCUT2D eigenvalue weighted by Gasteiger charge is -2.30. The fourth-order valence-corrected chi connectivity index (χ4v) is 3.52. The van der Waals surface area contributed by atoms with Crippen molar-refractivity contribution in [3.63, 3.8) is 0 Å². The Balaban J connectivity index is 1.89. The van der Waals surface area contributed by atoms with Gasteiger partial charge in [0.25, 0.3) is 17.5 Å². The number of nitrogens with zero attached hydrogens (tertiary/aromatic N) is 2. The second kappa shape index (κ2) is 8.77. The average Bonchev–Trinajstić information content (AvgIpc) is 3.22. The highest BCUT2D eigenvalue weighted by Gasteiger charge is 2.25. The predicted molar refractivity (Wildman–Crippen MR) is 106 cm³/mol. The molecule has 3 rings (SSSR count). The molecule has 1 saturated heterocycles. The second-order valence-electron chi connectivity index (χ2n) is 6.59. The Hall–Kier alpha value is -3.04. The summed E-state index contributed by atoms with van der Waals surface area (Å²) in [6.07, 6.45) is 1.49. The molecule has 0 spiro atoms. The van der Waals surface area contributed by atoms with E-state index in [1.54, 1.807) is 34.5 Å². The lowest BCUT2D eigenvalue weighted by atomic mass is 10.1. The number of nitro groups is 1. The van der Waals surface area contributed by atoms with E-state index in [1.807, 2.05) is 0 Å². The molecule has 146 valence electrons. The van der Waals surface area contributed by atoms with Gasteiger partial charge in [0.05, 0.1) is 43.0 Å². The quantitative estimate of drug-likeness (QED) is 0.440. The van der Waals surface area contributed by atoms with E-state index >= 15 is 0 Å². The molecule has 28 heavy (non-hydrogen) atoms. The van der Waals surface area contributed by atoms with Crippen LogP contribution in [0.4, 0.5) is 5.69 Å². The van der Waals surface area contributed by atoms with Gasteiger partial charge in [0.1, 0.15) is 5.70 Å². The van der Waals surface area contributed by atoms with Crippen LogP contribution in [0.2, 0.25) is 0 Å². The minimum Gasteiger partial charge on any atom is -0.334 e. The third kappa shape index (κ3) is 4.81. The van der Waals surface area contributed by atoms with Crippen molar-refractivity contribution in [2.45, 2.75) is 0 Å². The van der Waals surface area contributed by atoms with Gasteiger partial charge in [-0.3, -0.25) is 19.7 Å². The van der Waals surface area contributed by atoms with E-state index in [4.69, 9.17) is 0 Å². The molecule has 2 N–H and O–H groups in total. The minimum absolute atomic E-state index is 0.0756. The van der Waals surface area contributed by atoms with Crippen LogP contribution in [0.15, 0.2) is 47.5 Å². The summed E-state index contributed by atoms with van der Waals surface area (Å²) in [7, 11) is 2.07. The smallest absolute Gasteiger partial charge is 0.270 e. The molecule has 2 amide bonds. The number of rotatable bonds is 5. The zero-order valence-electron chi connectivity index (χ0n) is 15.4. The van der Waals surface area contributed by atoms with Crippen molar-refractivity contribution in [1.82, 2.24) is 10.2 Å². The summed E-state index contributed by atoms with van der Waals surface area (Å²) < 4.78 is 0. The molecule has 2 aromatic rings. The van der Waals surface area contributed by atoms with Crippen molar-refractivity contribution >= 4 is 34.9 Å². The Morgan fingerprint density at radius 2 is 2.00 bits per heavy atom. The Labute approximate surface area is 166 Å². The normalized spacial score (nSPS) is 15.3. The van der Waals surface area contributed by atoms with Crippen LogP contribution in [-0.4, -0.2) is 54.9 Å². The Kier molecular flexibility index (Phi) is 6.17. The highest BCUT2D eigenvalue weighted by molar-refractivity contribution is 7.12. The van der Waals surface area contributed by atoms with Gasteiger partial charge in [-0.2, -0.15) is 0 Å². The summed E-state index contributed by atoms with van der Waals surface area (Å²) in [5.74, 6) is -0.663. The van der Waals surface area contributed by atoms with E-state index in [-0.39, 0.29) is 23.2 Å². The fourth-order valence-electron chi connectivity index (χ4n) is 2.90. The van der Waals surface area contributed by atoms with E-state index in [9.17, 15) is 19.7 Å². The lowest BCUT2D eigenvalue weighted by molar-refractivity contribution is -0.883. The largest absolute Gasteiger partial charge is 0.334 e. The summed E-state index contributed by atoms with van der Waals surface area (Å²) in [5.41, 5.74) is 0.510. The van der Waals surface area contributed by atoms with Crippen LogP contribution < -0.4 is 10.2 Å². The van der Waals surface area contributed by atoms with Gasteiger partial charge in [-0.15, -0.1) is 11.3 Å². The van der Waals surface area contributed by atoms with Gasteiger partial charge in [0.2, 0.25) is 0 Å². The third-order valence-electron chi connectivity index (χ3n) is 4.52. The summed E-state index contributed by atoms with van der Waals surface area (Å²) in [6.45, 7) is 2.83. The number of nitrogens with one attached hydrogen (secondary N) is 2. The Morgan fingerprint density at radius 1 is 1.25 bits per heavy atom. The molecule has 9 heteroatoms. The van der Waals surface area contributed by atoms with Crippen molar-refractivity contribution in [2.24, 2.45) is 0 Å². The topological polar surface area (TPSA) is 97.0 Å². The molecule has 1 aliphatic heterocycles. The first-order valence-electron chi connectivity index (χ1n) is 8.85. The molecule has 2 heterocycles. The fraction of sp³-hybridized carbons (Fsp3) is 0.263. The highest BCUT2D eigenvalue weighted by atomic mass is 32.1. The standard InChI is InChI=1S/C19H20N4O4S/c1-21-7-9-22(10-8-21)19(25)16(20-18(24)17-6-3-11-28-17)13-14-4-2-5-15(12-14)23(26)27/h2-6,11-13H,7-10H2,1H3,(H,20,24)/p+1/b16-13+. The molecule has 1 aliphatic rings. The SMILES string of the molecule is C[NH+]1CCN(C(=O)/C(=C\c2cccc([N+](=O)[O-])c2)NC(=O)c2cccs2)CC1. The Bertz CT molecular complexity index is 902. The van der Waals surface area contributed by atoms with Crippen LogP contribution in [0.5, 0.6) is 0 Å². The van der Waals surface area contributed by atoms with Gasteiger partial charge in [-0.25, -0.2) is 0 Å². The average molecular weight is 401 g/mol. The maximum absolute atomic E-state index is 13.0. The van der Waals surface area contributed by atoms with Gasteiger partial charge in [0.15, 0.2) is 0 Å². The minimum atomic E-state index is -0.494. The van der Waals surface area contributed by atoms with E-state index in [0.717, 1.165) is 13.1 Å². The first kappa shape index (κ1) is 19.7. The zero-order valence-corrected chi connectivity index (χ0v) is 16.2. The zero-order chi connectivity index (χ0) is 20.1. The maximum Gasteiger partial charge on any atom is 0.270 e. The monoisotopic (exact) mass is 401 g/mol. The Morgan fingerprint density at radius 3 is 2.64 bits per heavy atom. The van der Waals surface area contributed by atoms with Crippen molar-refractivity contribution in [1.29, 1.82) is 0 Å². The van der Waals surface area contributed by atoms with Crippen LogP contribution in [0, 0.1) is 10.1 Å². The van der Waals surface area contributed by atoms with Crippen LogP contribution in [-0.2, 0) is 4.79 Å². The number of hydrogen-bond donors (Lipinski definition) is 2. The third-order valence-corrected chi connectivity index (χ3v) is 5.39. The van der Waals surface area contributed by atoms with Gasteiger partial charge in [-0.1, -0.05) is 18.2 Å². The van der Waals surface area contributed by atoms with Gasteiger partial charge in [0, 0.05) is 12.1 Å². The number of hydrogen-bond acceptors (Lipinski definition) is 5. The summed E-state index contributed by atoms with van der Waals surface area (Å²) >= 11 is 1.28. The molecule has 1 aromatic carbocycles. The van der Waals surface area contributed by atoms with E-state index < -0.39 is 4.92 Å². The number of carbonyl (C=O) groups is 2. The lowest BCUT2D eigenvalue weighted by Crippen LogP contribution is -3.12. The molecular formula is C19H21N4O4S+. The van der Waals surface area contributed by atoms with Crippen molar-refractivity contribution < 1.29 is 19.4 Å². The summed E-state index contributed by atoms with van der Waals surface area (Å²) in [6, 6.07) is 9.40. The second-order valence-corrected chi connectivity index (χ2v) is 7.54. The molecule has 8 nitrogen and oxygen atoms in total. The van der Waals surface area contributed by atoms with Gasteiger partial charge < -0.3 is 15.1 Å². The van der Waals surface area contributed by atoms with Crippen molar-refractivity contribution in [2.75, 3.05) is 33.2 Å². The molecule has 0 bridgehead atoms. The molecule has 0 atom stereocenters. The van der Waals surface area contributed by atoms with Crippen LogP contribution in [0.1, 0.15) is 15.2 Å². The molecule has 0 radical (unpaired) electrons. The number of piperazine rings is 1. The number of non-ortho nitro benzene ring substituents is 1. The number of thiophene rings is 1. The number of quaternary nitrogens is 1. The van der Waals surface area contributed by atoms with Gasteiger partial charge in [-0.05, 0) is 23.1 Å².